The molecule has 2 heterocycles. The van der Waals surface area contributed by atoms with Crippen LogP contribution in [0, 0.1) is 0 Å². The van der Waals surface area contributed by atoms with Gasteiger partial charge in [-0.2, -0.15) is 0 Å². The number of nitrogens with one attached hydrogen (secondary N) is 1. The highest BCUT2D eigenvalue weighted by Crippen LogP contribution is 2.38. The maximum absolute atomic E-state index is 11.0. The van der Waals surface area contributed by atoms with Crippen molar-refractivity contribution in [3.05, 3.63) is 72.7 Å². The van der Waals surface area contributed by atoms with Crippen molar-refractivity contribution in [2.24, 2.45) is 0 Å². The van der Waals surface area contributed by atoms with Crippen LogP contribution in [0.15, 0.2) is 67.1 Å². The molecule has 2 aromatic carbocycles. The van der Waals surface area contributed by atoms with Gasteiger partial charge in [0, 0.05) is 23.8 Å². The van der Waals surface area contributed by atoms with Crippen LogP contribution < -0.4 is 15.8 Å². The number of ether oxygens (including phenoxy) is 1. The van der Waals surface area contributed by atoms with Crippen LogP contribution in [0.25, 0.3) is 22.2 Å². The summed E-state index contributed by atoms with van der Waals surface area (Å²) in [4.78, 5) is 19.8. The van der Waals surface area contributed by atoms with Crippen LogP contribution in [0.1, 0.15) is 37.3 Å². The Morgan fingerprint density at radius 2 is 1.88 bits per heavy atom. The normalized spacial score (nSPS) is 18.0. The molecule has 174 valence electrons. The number of amides is 1. The summed E-state index contributed by atoms with van der Waals surface area (Å²) < 4.78 is 8.22. The lowest BCUT2D eigenvalue weighted by molar-refractivity contribution is 0.182. The predicted octanol–water partition coefficient (Wildman–Crippen LogP) is 5.01. The molecule has 1 aliphatic rings. The van der Waals surface area contributed by atoms with Gasteiger partial charge in [-0.05, 0) is 48.9 Å². The third kappa shape index (κ3) is 4.52. The number of nitrogen functional groups attached to an aromatic ring is 1. The van der Waals surface area contributed by atoms with E-state index in [9.17, 15) is 4.79 Å². The van der Waals surface area contributed by atoms with Gasteiger partial charge in [0.1, 0.15) is 30.1 Å². The summed E-state index contributed by atoms with van der Waals surface area (Å²) >= 11 is 0. The zero-order valence-electron chi connectivity index (χ0n) is 18.7. The van der Waals surface area contributed by atoms with Crippen LogP contribution in [0.5, 0.6) is 5.75 Å². The lowest BCUT2D eigenvalue weighted by atomic mass is 9.91. The van der Waals surface area contributed by atoms with Crippen LogP contribution in [0.2, 0.25) is 0 Å². The molecule has 4 aromatic rings. The molecule has 8 nitrogen and oxygen atoms in total. The largest absolute Gasteiger partial charge is 0.489 e. The Balaban J connectivity index is 1.44. The summed E-state index contributed by atoms with van der Waals surface area (Å²) in [5.41, 5.74) is 10.2. The SMILES string of the molecule is Nc1ncnc2c1c(-c1cccc(OCc3ccccc3)c1)cn2C1CCC(NC(=O)O)CC1. The number of carbonyl (C=O) groups is 1. The number of anilines is 1. The maximum Gasteiger partial charge on any atom is 0.404 e. The minimum atomic E-state index is -0.966. The second-order valence-corrected chi connectivity index (χ2v) is 8.66. The summed E-state index contributed by atoms with van der Waals surface area (Å²) in [7, 11) is 0. The van der Waals surface area contributed by atoms with Gasteiger partial charge in [0.2, 0.25) is 0 Å². The fourth-order valence-electron chi connectivity index (χ4n) is 4.77. The van der Waals surface area contributed by atoms with E-state index in [-0.39, 0.29) is 12.1 Å². The van der Waals surface area contributed by atoms with Crippen molar-refractivity contribution < 1.29 is 14.6 Å². The zero-order chi connectivity index (χ0) is 23.5. The number of nitrogens with zero attached hydrogens (tertiary/aromatic N) is 3. The van der Waals surface area contributed by atoms with E-state index in [4.69, 9.17) is 15.6 Å². The molecule has 1 amide bonds. The number of hydrogen-bond acceptors (Lipinski definition) is 5. The van der Waals surface area contributed by atoms with E-state index in [1.807, 2.05) is 54.6 Å². The van der Waals surface area contributed by atoms with E-state index in [1.165, 1.54) is 6.33 Å². The predicted molar refractivity (Wildman–Crippen MR) is 131 cm³/mol. The van der Waals surface area contributed by atoms with Crippen molar-refractivity contribution >= 4 is 22.9 Å². The highest BCUT2D eigenvalue weighted by molar-refractivity contribution is 6.00. The first-order valence-electron chi connectivity index (χ1n) is 11.5. The Labute approximate surface area is 197 Å². The number of aromatic nitrogens is 3. The van der Waals surface area contributed by atoms with Gasteiger partial charge in [-0.25, -0.2) is 14.8 Å². The van der Waals surface area contributed by atoms with Gasteiger partial charge >= 0.3 is 6.09 Å². The van der Waals surface area contributed by atoms with Crippen molar-refractivity contribution in [3.63, 3.8) is 0 Å². The monoisotopic (exact) mass is 457 g/mol. The van der Waals surface area contributed by atoms with Crippen LogP contribution in [-0.4, -0.2) is 31.8 Å². The topological polar surface area (TPSA) is 115 Å². The third-order valence-electron chi connectivity index (χ3n) is 6.45. The van der Waals surface area contributed by atoms with Gasteiger partial charge in [-0.1, -0.05) is 42.5 Å². The minimum absolute atomic E-state index is 0.00631. The molecule has 0 spiro atoms. The Hall–Kier alpha value is -4.07. The molecular weight excluding hydrogens is 430 g/mol. The number of carboxylic acid groups (broad SMARTS) is 1. The Morgan fingerprint density at radius 1 is 1.09 bits per heavy atom. The molecule has 8 heteroatoms. The van der Waals surface area contributed by atoms with Gasteiger partial charge in [-0.3, -0.25) is 0 Å². The molecule has 0 radical (unpaired) electrons. The van der Waals surface area contributed by atoms with E-state index >= 15 is 0 Å². The summed E-state index contributed by atoms with van der Waals surface area (Å²) in [6.45, 7) is 0.491. The minimum Gasteiger partial charge on any atom is -0.489 e. The van der Waals surface area contributed by atoms with Crippen molar-refractivity contribution in [3.8, 4) is 16.9 Å². The molecular formula is C26H27N5O3. The van der Waals surface area contributed by atoms with Gasteiger partial charge < -0.3 is 25.5 Å². The summed E-state index contributed by atoms with van der Waals surface area (Å²) in [5.74, 6) is 1.22. The van der Waals surface area contributed by atoms with E-state index in [1.54, 1.807) is 0 Å². The fraction of sp³-hybridized carbons (Fsp3) is 0.269. The molecule has 2 aromatic heterocycles. The molecule has 4 N–H and O–H groups in total. The second kappa shape index (κ2) is 9.43. The van der Waals surface area contributed by atoms with Crippen molar-refractivity contribution in [2.75, 3.05) is 5.73 Å². The maximum atomic E-state index is 11.0. The molecule has 0 saturated heterocycles. The molecule has 1 saturated carbocycles. The van der Waals surface area contributed by atoms with Gasteiger partial charge in [0.15, 0.2) is 0 Å². The smallest absolute Gasteiger partial charge is 0.404 e. The second-order valence-electron chi connectivity index (χ2n) is 8.66. The number of nitrogens with two attached hydrogens (primary N) is 1. The Kier molecular flexibility index (Phi) is 6.03. The highest BCUT2D eigenvalue weighted by atomic mass is 16.5. The van der Waals surface area contributed by atoms with Gasteiger partial charge in [-0.15, -0.1) is 0 Å². The molecule has 0 unspecified atom stereocenters. The summed E-state index contributed by atoms with van der Waals surface area (Å²) in [5, 5.41) is 12.5. The van der Waals surface area contributed by atoms with Crippen LogP contribution >= 0.6 is 0 Å². The highest BCUT2D eigenvalue weighted by Gasteiger charge is 2.26. The van der Waals surface area contributed by atoms with Crippen LogP contribution in [0.3, 0.4) is 0 Å². The zero-order valence-corrected chi connectivity index (χ0v) is 18.7. The number of rotatable bonds is 6. The first kappa shape index (κ1) is 21.8. The molecule has 0 aliphatic heterocycles. The fourth-order valence-corrected chi connectivity index (χ4v) is 4.77. The molecule has 0 atom stereocenters. The van der Waals surface area contributed by atoms with Crippen LogP contribution in [0.4, 0.5) is 10.6 Å². The quantitative estimate of drug-likeness (QED) is 0.375. The van der Waals surface area contributed by atoms with Crippen molar-refractivity contribution in [2.45, 2.75) is 44.4 Å². The third-order valence-corrected chi connectivity index (χ3v) is 6.45. The van der Waals surface area contributed by atoms with Crippen molar-refractivity contribution in [1.82, 2.24) is 19.9 Å². The van der Waals surface area contributed by atoms with E-state index < -0.39 is 6.09 Å². The molecule has 1 fully saturated rings. The average molecular weight is 458 g/mol. The van der Waals surface area contributed by atoms with E-state index in [0.29, 0.717) is 12.4 Å². The summed E-state index contributed by atoms with van der Waals surface area (Å²) in [6, 6.07) is 18.2. The molecule has 0 bridgehead atoms. The lowest BCUT2D eigenvalue weighted by Crippen LogP contribution is -2.37. The average Bonchev–Trinajstić information content (AvgIpc) is 3.25. The number of hydrogen-bond donors (Lipinski definition) is 3. The first-order valence-corrected chi connectivity index (χ1v) is 11.5. The number of benzene rings is 2. The molecule has 5 rings (SSSR count). The Morgan fingerprint density at radius 3 is 2.65 bits per heavy atom. The standard InChI is InChI=1S/C26H27N5O3/c27-24-23-22(18-7-4-8-21(13-18)34-15-17-5-2-1-3-6-17)14-31(25(23)29-16-28-24)20-11-9-19(10-12-20)30-26(32)33/h1-8,13-14,16,19-20,30H,9-12,15H2,(H,32,33)(H2,27,28,29). The summed E-state index contributed by atoms with van der Waals surface area (Å²) in [6.07, 6.45) is 5.92. The molecule has 34 heavy (non-hydrogen) atoms. The lowest BCUT2D eigenvalue weighted by Gasteiger charge is -2.29. The Bertz CT molecular complexity index is 1300. The van der Waals surface area contributed by atoms with Gasteiger partial charge in [0.05, 0.1) is 5.39 Å². The van der Waals surface area contributed by atoms with Crippen LogP contribution in [-0.2, 0) is 6.61 Å². The first-order chi connectivity index (χ1) is 16.6. The van der Waals surface area contributed by atoms with Gasteiger partial charge in [0.25, 0.3) is 0 Å². The van der Waals surface area contributed by atoms with Crippen molar-refractivity contribution in [1.29, 1.82) is 0 Å². The molecule has 1 aliphatic carbocycles. The van der Waals surface area contributed by atoms with E-state index in [2.05, 4.69) is 26.0 Å². The number of fused-ring (bicyclic) bond motifs is 1. The van der Waals surface area contributed by atoms with E-state index in [0.717, 1.165) is 59.2 Å².